The third kappa shape index (κ3) is 3.11. The molecule has 1 aliphatic rings. The first-order chi connectivity index (χ1) is 5.92. The molecule has 2 heteroatoms. The van der Waals surface area contributed by atoms with Crippen molar-refractivity contribution in [1.82, 2.24) is 5.32 Å². The number of nitrogens with one attached hydrogen (secondary N) is 1. The Morgan fingerprint density at radius 1 is 1.46 bits per heavy atom. The number of likely N-dealkylation sites (N-methyl/N-ethyl adjacent to an activating group) is 1. The summed E-state index contributed by atoms with van der Waals surface area (Å²) in [6.07, 6.45) is 2.98. The van der Waals surface area contributed by atoms with Crippen LogP contribution in [-0.2, 0) is 4.79 Å². The molecule has 2 unspecified atom stereocenters. The second-order valence-corrected chi connectivity index (χ2v) is 5.38. The largest absolute Gasteiger partial charge is 0.311 e. The van der Waals surface area contributed by atoms with Gasteiger partial charge in [-0.3, -0.25) is 4.79 Å². The van der Waals surface area contributed by atoms with Gasteiger partial charge in [0.25, 0.3) is 0 Å². The molecule has 0 bridgehead atoms. The van der Waals surface area contributed by atoms with Crippen molar-refractivity contribution < 1.29 is 4.79 Å². The topological polar surface area (TPSA) is 29.1 Å². The van der Waals surface area contributed by atoms with Crippen LogP contribution in [0, 0.1) is 11.3 Å². The highest BCUT2D eigenvalue weighted by Gasteiger charge is 2.33. The normalized spacial score (nSPS) is 29.7. The molecule has 1 rings (SSSR count). The highest BCUT2D eigenvalue weighted by molar-refractivity contribution is 5.86. The molecular formula is C11H21NO. The van der Waals surface area contributed by atoms with Gasteiger partial charge in [-0.05, 0) is 31.2 Å². The predicted molar refractivity (Wildman–Crippen MR) is 54.7 cm³/mol. The third-order valence-corrected chi connectivity index (χ3v) is 2.70. The van der Waals surface area contributed by atoms with Crippen molar-refractivity contribution in [3.8, 4) is 0 Å². The zero-order chi connectivity index (χ0) is 10.1. The fourth-order valence-corrected chi connectivity index (χ4v) is 2.28. The maximum Gasteiger partial charge on any atom is 0.150 e. The van der Waals surface area contributed by atoms with Crippen molar-refractivity contribution in [2.75, 3.05) is 7.05 Å². The third-order valence-electron chi connectivity index (χ3n) is 2.70. The van der Waals surface area contributed by atoms with Crippen LogP contribution in [0.5, 0.6) is 0 Å². The van der Waals surface area contributed by atoms with E-state index in [0.29, 0.717) is 17.1 Å². The number of rotatable bonds is 2. The van der Waals surface area contributed by atoms with E-state index in [1.807, 2.05) is 7.05 Å². The molecule has 1 saturated carbocycles. The van der Waals surface area contributed by atoms with E-state index in [1.165, 1.54) is 0 Å². The van der Waals surface area contributed by atoms with Gasteiger partial charge in [-0.2, -0.15) is 0 Å². The molecule has 0 radical (unpaired) electrons. The van der Waals surface area contributed by atoms with Crippen molar-refractivity contribution in [2.45, 2.75) is 46.1 Å². The zero-order valence-corrected chi connectivity index (χ0v) is 9.18. The van der Waals surface area contributed by atoms with Crippen LogP contribution in [-0.4, -0.2) is 18.9 Å². The molecule has 0 aliphatic heterocycles. The van der Waals surface area contributed by atoms with Gasteiger partial charge in [0.15, 0.2) is 0 Å². The Morgan fingerprint density at radius 3 is 2.46 bits per heavy atom. The Morgan fingerprint density at radius 2 is 2.08 bits per heavy atom. The SMILES string of the molecule is CNC1CC(CC(C)(C)C)CC1=O. The number of hydrogen-bond acceptors (Lipinski definition) is 2. The van der Waals surface area contributed by atoms with Gasteiger partial charge in [0.2, 0.25) is 0 Å². The smallest absolute Gasteiger partial charge is 0.150 e. The molecule has 0 amide bonds. The van der Waals surface area contributed by atoms with Gasteiger partial charge >= 0.3 is 0 Å². The Labute approximate surface area is 81.1 Å². The summed E-state index contributed by atoms with van der Waals surface area (Å²) in [5.41, 5.74) is 0.355. The minimum atomic E-state index is 0.132. The van der Waals surface area contributed by atoms with Crippen LogP contribution in [0.15, 0.2) is 0 Å². The second-order valence-electron chi connectivity index (χ2n) is 5.38. The minimum Gasteiger partial charge on any atom is -0.311 e. The summed E-state index contributed by atoms with van der Waals surface area (Å²) in [6, 6.07) is 0.132. The van der Waals surface area contributed by atoms with Gasteiger partial charge in [0.1, 0.15) is 5.78 Å². The van der Waals surface area contributed by atoms with Crippen molar-refractivity contribution in [2.24, 2.45) is 11.3 Å². The highest BCUT2D eigenvalue weighted by Crippen LogP contribution is 2.33. The van der Waals surface area contributed by atoms with Gasteiger partial charge in [0, 0.05) is 6.42 Å². The van der Waals surface area contributed by atoms with Gasteiger partial charge in [0.05, 0.1) is 6.04 Å². The lowest BCUT2D eigenvalue weighted by Gasteiger charge is -2.22. The summed E-state index contributed by atoms with van der Waals surface area (Å²) >= 11 is 0. The standard InChI is InChI=1S/C11H21NO/c1-11(2,3)7-8-5-9(12-4)10(13)6-8/h8-9,12H,5-7H2,1-4H3. The molecular weight excluding hydrogens is 162 g/mol. The first-order valence-electron chi connectivity index (χ1n) is 5.12. The molecule has 0 aromatic carbocycles. The molecule has 1 aliphatic carbocycles. The van der Waals surface area contributed by atoms with E-state index in [-0.39, 0.29) is 6.04 Å². The van der Waals surface area contributed by atoms with Crippen LogP contribution in [0.4, 0.5) is 0 Å². The summed E-state index contributed by atoms with van der Waals surface area (Å²) in [6.45, 7) is 6.72. The first-order valence-corrected chi connectivity index (χ1v) is 5.12. The number of hydrogen-bond donors (Lipinski definition) is 1. The number of ketones is 1. The molecule has 13 heavy (non-hydrogen) atoms. The lowest BCUT2D eigenvalue weighted by molar-refractivity contribution is -0.119. The van der Waals surface area contributed by atoms with Crippen molar-refractivity contribution in [3.63, 3.8) is 0 Å². The number of Topliss-reactive ketones (excluding diaryl/α,β-unsaturated/α-hetero) is 1. The lowest BCUT2D eigenvalue weighted by atomic mass is 9.84. The summed E-state index contributed by atoms with van der Waals surface area (Å²) in [7, 11) is 1.88. The van der Waals surface area contributed by atoms with Crippen molar-refractivity contribution in [3.05, 3.63) is 0 Å². The molecule has 2 atom stereocenters. The minimum absolute atomic E-state index is 0.132. The van der Waals surface area contributed by atoms with Gasteiger partial charge in [-0.1, -0.05) is 20.8 Å². The molecule has 0 heterocycles. The van der Waals surface area contributed by atoms with E-state index in [9.17, 15) is 4.79 Å². The summed E-state index contributed by atoms with van der Waals surface area (Å²) in [5.74, 6) is 1.00. The van der Waals surface area contributed by atoms with Gasteiger partial charge in [-0.15, -0.1) is 0 Å². The molecule has 0 aromatic rings. The second kappa shape index (κ2) is 3.79. The summed E-state index contributed by atoms with van der Waals surface area (Å²) in [5, 5.41) is 3.08. The first kappa shape index (κ1) is 10.7. The van der Waals surface area contributed by atoms with Crippen LogP contribution >= 0.6 is 0 Å². The molecule has 0 spiro atoms. The van der Waals surface area contributed by atoms with Crippen LogP contribution < -0.4 is 5.32 Å². The zero-order valence-electron chi connectivity index (χ0n) is 9.18. The Kier molecular flexibility index (Phi) is 3.12. The van der Waals surface area contributed by atoms with Crippen molar-refractivity contribution >= 4 is 5.78 Å². The van der Waals surface area contributed by atoms with Crippen LogP contribution in [0.3, 0.4) is 0 Å². The number of carbonyl (C=O) groups is 1. The van der Waals surface area contributed by atoms with E-state index >= 15 is 0 Å². The molecule has 1 N–H and O–H groups in total. The molecule has 0 aromatic heterocycles. The van der Waals surface area contributed by atoms with Crippen molar-refractivity contribution in [1.29, 1.82) is 0 Å². The van der Waals surface area contributed by atoms with Gasteiger partial charge in [-0.25, -0.2) is 0 Å². The Balaban J connectivity index is 2.45. The lowest BCUT2D eigenvalue weighted by Crippen LogP contribution is -2.28. The van der Waals surface area contributed by atoms with E-state index in [0.717, 1.165) is 19.3 Å². The van der Waals surface area contributed by atoms with Crippen LogP contribution in [0.1, 0.15) is 40.0 Å². The van der Waals surface area contributed by atoms with Crippen LogP contribution in [0.2, 0.25) is 0 Å². The monoisotopic (exact) mass is 183 g/mol. The fraction of sp³-hybridized carbons (Fsp3) is 0.909. The maximum absolute atomic E-state index is 11.4. The van der Waals surface area contributed by atoms with Gasteiger partial charge < -0.3 is 5.32 Å². The Bertz CT molecular complexity index is 193. The quantitative estimate of drug-likeness (QED) is 0.709. The maximum atomic E-state index is 11.4. The van der Waals surface area contributed by atoms with E-state index < -0.39 is 0 Å². The highest BCUT2D eigenvalue weighted by atomic mass is 16.1. The predicted octanol–water partition coefficient (Wildman–Crippen LogP) is 1.99. The molecule has 1 fully saturated rings. The Hall–Kier alpha value is -0.370. The average Bonchev–Trinajstić information content (AvgIpc) is 2.26. The number of carbonyl (C=O) groups excluding carboxylic acids is 1. The molecule has 0 saturated heterocycles. The van der Waals surface area contributed by atoms with E-state index in [4.69, 9.17) is 0 Å². The molecule has 2 nitrogen and oxygen atoms in total. The summed E-state index contributed by atoms with van der Waals surface area (Å²) < 4.78 is 0. The van der Waals surface area contributed by atoms with E-state index in [2.05, 4.69) is 26.1 Å². The fourth-order valence-electron chi connectivity index (χ4n) is 2.28. The molecule has 76 valence electrons. The van der Waals surface area contributed by atoms with E-state index in [1.54, 1.807) is 0 Å². The average molecular weight is 183 g/mol. The summed E-state index contributed by atoms with van der Waals surface area (Å²) in [4.78, 5) is 11.4. The van der Waals surface area contributed by atoms with Crippen LogP contribution in [0.25, 0.3) is 0 Å².